The second kappa shape index (κ2) is 6.76. The van der Waals surface area contributed by atoms with Crippen molar-refractivity contribution in [3.05, 3.63) is 34.7 Å². The molecule has 1 fully saturated rings. The Kier molecular flexibility index (Phi) is 4.73. The van der Waals surface area contributed by atoms with Crippen LogP contribution in [0.15, 0.2) is 34.2 Å². The van der Waals surface area contributed by atoms with Gasteiger partial charge >= 0.3 is 0 Å². The van der Waals surface area contributed by atoms with E-state index in [1.54, 1.807) is 7.11 Å². The van der Waals surface area contributed by atoms with Crippen molar-refractivity contribution in [1.82, 2.24) is 4.90 Å². The van der Waals surface area contributed by atoms with E-state index in [1.807, 2.05) is 44.2 Å². The largest absolute Gasteiger partial charge is 0.496 e. The lowest BCUT2D eigenvalue weighted by Crippen LogP contribution is -2.47. The van der Waals surface area contributed by atoms with E-state index in [0.717, 1.165) is 29.6 Å². The number of morpholine rings is 1. The van der Waals surface area contributed by atoms with Crippen LogP contribution in [0.2, 0.25) is 0 Å². The van der Waals surface area contributed by atoms with Gasteiger partial charge in [-0.15, -0.1) is 0 Å². The maximum absolute atomic E-state index is 12.2. The van der Waals surface area contributed by atoms with Crippen LogP contribution in [0.4, 0.5) is 0 Å². The molecule has 1 saturated heterocycles. The number of rotatable bonds is 2. The van der Waals surface area contributed by atoms with Gasteiger partial charge in [0.2, 0.25) is 0 Å². The lowest BCUT2D eigenvalue weighted by molar-refractivity contribution is -0.113. The number of para-hydroxylation sites is 1. The monoisotopic (exact) mass is 332 g/mol. The summed E-state index contributed by atoms with van der Waals surface area (Å²) in [6, 6.07) is 7.63. The van der Waals surface area contributed by atoms with E-state index in [-0.39, 0.29) is 18.1 Å². The Morgan fingerprint density at radius 1 is 1.30 bits per heavy atom. The fourth-order valence-electron chi connectivity index (χ4n) is 2.79. The van der Waals surface area contributed by atoms with Gasteiger partial charge in [0.25, 0.3) is 5.91 Å². The van der Waals surface area contributed by atoms with E-state index < -0.39 is 0 Å². The van der Waals surface area contributed by atoms with Crippen molar-refractivity contribution in [1.29, 1.82) is 0 Å². The standard InChI is InChI=1S/C17H20N2O3S/c1-11-9-19(10-12(2)22-11)17-18-16(20)15(23-17)8-13-6-4-5-7-14(13)21-3/h4-8,11-12H,9-10H2,1-3H3/b15-8-/t11-,12-/m1/s1. The van der Waals surface area contributed by atoms with Gasteiger partial charge in [-0.05, 0) is 37.8 Å². The Bertz CT molecular complexity index is 662. The first kappa shape index (κ1) is 16.1. The molecule has 2 heterocycles. The van der Waals surface area contributed by atoms with E-state index >= 15 is 0 Å². The van der Waals surface area contributed by atoms with Crippen molar-refractivity contribution in [3.8, 4) is 5.75 Å². The summed E-state index contributed by atoms with van der Waals surface area (Å²) >= 11 is 1.42. The highest BCUT2D eigenvalue weighted by Crippen LogP contribution is 2.33. The summed E-state index contributed by atoms with van der Waals surface area (Å²) in [4.78, 5) is 19.2. The maximum Gasteiger partial charge on any atom is 0.286 e. The predicted octanol–water partition coefficient (Wildman–Crippen LogP) is 2.77. The fourth-order valence-corrected chi connectivity index (χ4v) is 3.72. The Balaban J connectivity index is 1.78. The number of aliphatic imine (C=N–C) groups is 1. The van der Waals surface area contributed by atoms with Crippen LogP contribution in [0, 0.1) is 0 Å². The van der Waals surface area contributed by atoms with Gasteiger partial charge in [0, 0.05) is 18.7 Å². The molecule has 6 heteroatoms. The third-order valence-electron chi connectivity index (χ3n) is 3.72. The molecule has 3 rings (SSSR count). The summed E-state index contributed by atoms with van der Waals surface area (Å²) in [7, 11) is 1.62. The van der Waals surface area contributed by atoms with Crippen LogP contribution in [-0.4, -0.2) is 48.4 Å². The van der Waals surface area contributed by atoms with Crippen LogP contribution >= 0.6 is 11.8 Å². The zero-order valence-electron chi connectivity index (χ0n) is 13.5. The smallest absolute Gasteiger partial charge is 0.286 e. The molecule has 0 saturated carbocycles. The Morgan fingerprint density at radius 2 is 2.00 bits per heavy atom. The number of nitrogens with zero attached hydrogens (tertiary/aromatic N) is 2. The van der Waals surface area contributed by atoms with Gasteiger partial charge in [-0.25, -0.2) is 0 Å². The molecule has 1 amide bonds. The summed E-state index contributed by atoms with van der Waals surface area (Å²) in [5.41, 5.74) is 0.881. The maximum atomic E-state index is 12.2. The minimum atomic E-state index is -0.192. The van der Waals surface area contributed by atoms with Crippen molar-refractivity contribution in [2.45, 2.75) is 26.1 Å². The van der Waals surface area contributed by atoms with Crippen molar-refractivity contribution in [2.75, 3.05) is 20.2 Å². The average molecular weight is 332 g/mol. The number of methoxy groups -OCH3 is 1. The number of benzene rings is 1. The van der Waals surface area contributed by atoms with E-state index in [9.17, 15) is 4.79 Å². The molecule has 0 bridgehead atoms. The highest BCUT2D eigenvalue weighted by atomic mass is 32.2. The molecule has 2 aliphatic rings. The van der Waals surface area contributed by atoms with Gasteiger partial charge in [0.05, 0.1) is 24.2 Å². The van der Waals surface area contributed by atoms with Gasteiger partial charge in [0.1, 0.15) is 5.75 Å². The summed E-state index contributed by atoms with van der Waals surface area (Å²) in [6.07, 6.45) is 2.12. The summed E-state index contributed by atoms with van der Waals surface area (Å²) in [5, 5.41) is 0.762. The van der Waals surface area contributed by atoms with Crippen LogP contribution in [-0.2, 0) is 9.53 Å². The second-order valence-corrected chi connectivity index (χ2v) is 6.72. The number of ether oxygens (including phenoxy) is 2. The molecular formula is C17H20N2O3S. The first-order valence-corrected chi connectivity index (χ1v) is 8.44. The van der Waals surface area contributed by atoms with Gasteiger partial charge in [-0.1, -0.05) is 18.2 Å². The number of hydrogen-bond acceptors (Lipinski definition) is 5. The first-order chi connectivity index (χ1) is 11.1. The molecular weight excluding hydrogens is 312 g/mol. The van der Waals surface area contributed by atoms with Crippen molar-refractivity contribution < 1.29 is 14.3 Å². The van der Waals surface area contributed by atoms with E-state index in [4.69, 9.17) is 9.47 Å². The number of thioether (sulfide) groups is 1. The van der Waals surface area contributed by atoms with Crippen molar-refractivity contribution in [3.63, 3.8) is 0 Å². The predicted molar refractivity (Wildman–Crippen MR) is 92.6 cm³/mol. The SMILES string of the molecule is COc1ccccc1/C=C1\SC(N2C[C@@H](C)O[C@H](C)C2)=NC1=O. The van der Waals surface area contributed by atoms with Gasteiger partial charge in [-0.2, -0.15) is 4.99 Å². The number of amidine groups is 1. The summed E-state index contributed by atoms with van der Waals surface area (Å²) in [6.45, 7) is 5.59. The number of amides is 1. The zero-order valence-corrected chi connectivity index (χ0v) is 14.3. The van der Waals surface area contributed by atoms with E-state index in [1.165, 1.54) is 11.8 Å². The molecule has 0 radical (unpaired) electrons. The van der Waals surface area contributed by atoms with Crippen LogP contribution in [0.1, 0.15) is 19.4 Å². The van der Waals surface area contributed by atoms with E-state index in [2.05, 4.69) is 9.89 Å². The third-order valence-corrected chi connectivity index (χ3v) is 4.77. The highest BCUT2D eigenvalue weighted by molar-refractivity contribution is 8.18. The third kappa shape index (κ3) is 3.59. The molecule has 1 aromatic rings. The molecule has 2 atom stereocenters. The number of carbonyl (C=O) groups excluding carboxylic acids is 1. The van der Waals surface area contributed by atoms with Crippen LogP contribution in [0.25, 0.3) is 6.08 Å². The lowest BCUT2D eigenvalue weighted by Gasteiger charge is -2.35. The number of carbonyl (C=O) groups is 1. The highest BCUT2D eigenvalue weighted by Gasteiger charge is 2.31. The minimum Gasteiger partial charge on any atom is -0.496 e. The molecule has 0 aliphatic carbocycles. The Morgan fingerprint density at radius 3 is 2.70 bits per heavy atom. The molecule has 5 nitrogen and oxygen atoms in total. The van der Waals surface area contributed by atoms with Gasteiger partial charge in [0.15, 0.2) is 5.17 Å². The molecule has 0 aromatic heterocycles. The van der Waals surface area contributed by atoms with Gasteiger partial charge < -0.3 is 14.4 Å². The minimum absolute atomic E-state index is 0.138. The molecule has 2 aliphatic heterocycles. The van der Waals surface area contributed by atoms with Crippen molar-refractivity contribution >= 4 is 28.9 Å². The van der Waals surface area contributed by atoms with Gasteiger partial charge in [-0.3, -0.25) is 4.79 Å². The molecule has 0 unspecified atom stereocenters. The summed E-state index contributed by atoms with van der Waals surface area (Å²) in [5.74, 6) is 0.554. The van der Waals surface area contributed by atoms with Crippen LogP contribution < -0.4 is 4.74 Å². The molecule has 23 heavy (non-hydrogen) atoms. The Hall–Kier alpha value is -1.79. The topological polar surface area (TPSA) is 51.1 Å². The second-order valence-electron chi connectivity index (χ2n) is 5.71. The quantitative estimate of drug-likeness (QED) is 0.780. The first-order valence-electron chi connectivity index (χ1n) is 7.63. The van der Waals surface area contributed by atoms with Crippen molar-refractivity contribution in [2.24, 2.45) is 4.99 Å². The average Bonchev–Trinajstić information content (AvgIpc) is 2.88. The molecule has 122 valence electrons. The molecule has 0 spiro atoms. The number of hydrogen-bond donors (Lipinski definition) is 0. The fraction of sp³-hybridized carbons (Fsp3) is 0.412. The molecule has 1 aromatic carbocycles. The molecule has 0 N–H and O–H groups in total. The Labute approximate surface area is 140 Å². The van der Waals surface area contributed by atoms with E-state index in [0.29, 0.717) is 4.91 Å². The summed E-state index contributed by atoms with van der Waals surface area (Å²) < 4.78 is 11.1. The lowest BCUT2D eigenvalue weighted by atomic mass is 10.2. The normalized spacial score (nSPS) is 26.6. The van der Waals surface area contributed by atoms with Crippen LogP contribution in [0.5, 0.6) is 5.75 Å². The zero-order chi connectivity index (χ0) is 16.4. The van der Waals surface area contributed by atoms with Crippen LogP contribution in [0.3, 0.4) is 0 Å².